The Kier molecular flexibility index (Phi) is 8.35. The van der Waals surface area contributed by atoms with Gasteiger partial charge in [0.05, 0.1) is 30.1 Å². The average molecular weight is 582 g/mol. The Bertz CT molecular complexity index is 1320. The molecular weight excluding hydrogens is 537 g/mol. The number of nitrogens with zero attached hydrogens (tertiary/aromatic N) is 5. The summed E-state index contributed by atoms with van der Waals surface area (Å²) >= 11 is 0. The van der Waals surface area contributed by atoms with Crippen molar-refractivity contribution in [2.24, 2.45) is 0 Å². The maximum absolute atomic E-state index is 14.0. The van der Waals surface area contributed by atoms with Crippen LogP contribution < -0.4 is 4.90 Å². The molecule has 2 amide bonds. The van der Waals surface area contributed by atoms with Crippen molar-refractivity contribution in [1.29, 1.82) is 0 Å². The minimum absolute atomic E-state index is 0.0149. The zero-order chi connectivity index (χ0) is 30.4. The summed E-state index contributed by atoms with van der Waals surface area (Å²) in [5.41, 5.74) is 3.04. The highest BCUT2D eigenvalue weighted by Crippen LogP contribution is 2.40. The molecule has 0 saturated carbocycles. The van der Waals surface area contributed by atoms with Crippen LogP contribution in [0.15, 0.2) is 36.5 Å². The lowest BCUT2D eigenvalue weighted by Gasteiger charge is -2.49. The van der Waals surface area contributed by atoms with Gasteiger partial charge in [-0.05, 0) is 63.4 Å². The van der Waals surface area contributed by atoms with Crippen LogP contribution in [-0.4, -0.2) is 106 Å². The van der Waals surface area contributed by atoms with Gasteiger partial charge in [-0.3, -0.25) is 19.6 Å². The van der Waals surface area contributed by atoms with E-state index in [9.17, 15) is 19.1 Å². The van der Waals surface area contributed by atoms with Crippen LogP contribution in [0.1, 0.15) is 58.4 Å². The van der Waals surface area contributed by atoms with E-state index in [2.05, 4.69) is 44.4 Å². The van der Waals surface area contributed by atoms with Gasteiger partial charge in [0.2, 0.25) is 5.91 Å². The molecule has 228 valence electrons. The molecule has 2 fully saturated rings. The number of carbonyl (C=O) groups is 2. The number of amides is 2. The van der Waals surface area contributed by atoms with Gasteiger partial charge in [0.1, 0.15) is 5.82 Å². The Morgan fingerprint density at radius 3 is 2.48 bits per heavy atom. The van der Waals surface area contributed by atoms with Crippen molar-refractivity contribution < 1.29 is 23.8 Å². The molecule has 2 saturated heterocycles. The smallest absolute Gasteiger partial charge is 0.407 e. The topological polar surface area (TPSA) is 89.5 Å². The predicted molar refractivity (Wildman–Crippen MR) is 159 cm³/mol. The van der Waals surface area contributed by atoms with Crippen LogP contribution in [0, 0.1) is 5.82 Å². The number of carbonyl (C=O) groups excluding carboxylic acids is 1. The lowest BCUT2D eigenvalue weighted by atomic mass is 9.91. The van der Waals surface area contributed by atoms with Gasteiger partial charge in [-0.2, -0.15) is 0 Å². The molecule has 5 rings (SSSR count). The number of hydrogen-bond acceptors (Lipinski definition) is 6. The number of rotatable bonds is 6. The summed E-state index contributed by atoms with van der Waals surface area (Å²) in [6, 6.07) is 8.28. The average Bonchev–Trinajstić information content (AvgIpc) is 3.19. The summed E-state index contributed by atoms with van der Waals surface area (Å²) in [7, 11) is 0. The fourth-order valence-electron chi connectivity index (χ4n) is 6.64. The minimum atomic E-state index is -0.927. The number of pyridine rings is 1. The molecule has 1 N–H and O–H groups in total. The van der Waals surface area contributed by atoms with Crippen molar-refractivity contribution in [1.82, 2.24) is 19.7 Å². The Hall–Kier alpha value is -3.08. The van der Waals surface area contributed by atoms with Crippen LogP contribution in [0.25, 0.3) is 0 Å². The van der Waals surface area contributed by atoms with Gasteiger partial charge in [0, 0.05) is 62.5 Å². The van der Waals surface area contributed by atoms with E-state index in [1.54, 1.807) is 12.1 Å². The van der Waals surface area contributed by atoms with E-state index in [-0.39, 0.29) is 47.4 Å². The first-order chi connectivity index (χ1) is 19.7. The number of piperazine rings is 1. The summed E-state index contributed by atoms with van der Waals surface area (Å²) in [5, 5.41) is 9.89. The molecule has 2 aromatic rings. The van der Waals surface area contributed by atoms with Crippen LogP contribution in [-0.2, 0) is 21.4 Å². The van der Waals surface area contributed by atoms with Crippen molar-refractivity contribution in [3.8, 4) is 0 Å². The molecule has 10 heteroatoms. The summed E-state index contributed by atoms with van der Waals surface area (Å²) in [6.45, 7) is 16.0. The van der Waals surface area contributed by atoms with Gasteiger partial charge in [-0.1, -0.05) is 26.0 Å². The predicted octanol–water partition coefficient (Wildman–Crippen LogP) is 3.99. The van der Waals surface area contributed by atoms with E-state index >= 15 is 0 Å². The first kappa shape index (κ1) is 30.4. The highest BCUT2D eigenvalue weighted by atomic mass is 19.1. The molecule has 0 radical (unpaired) electrons. The van der Waals surface area contributed by atoms with E-state index in [1.165, 1.54) is 17.0 Å². The quantitative estimate of drug-likeness (QED) is 0.552. The number of morpholine rings is 1. The molecule has 4 heterocycles. The maximum atomic E-state index is 14.0. The lowest BCUT2D eigenvalue weighted by Crippen LogP contribution is -2.65. The molecule has 1 unspecified atom stereocenters. The van der Waals surface area contributed by atoms with Crippen molar-refractivity contribution in [3.05, 3.63) is 59.2 Å². The molecule has 1 aromatic heterocycles. The van der Waals surface area contributed by atoms with Gasteiger partial charge in [0.15, 0.2) is 0 Å². The van der Waals surface area contributed by atoms with Crippen molar-refractivity contribution in [2.75, 3.05) is 50.8 Å². The van der Waals surface area contributed by atoms with E-state index in [1.807, 2.05) is 24.1 Å². The Labute approximate surface area is 248 Å². The third kappa shape index (κ3) is 6.16. The summed E-state index contributed by atoms with van der Waals surface area (Å²) in [6.07, 6.45) is 1.52. The lowest BCUT2D eigenvalue weighted by molar-refractivity contribution is -0.131. The number of fused-ring (bicyclic) bond motifs is 1. The van der Waals surface area contributed by atoms with Crippen LogP contribution >= 0.6 is 0 Å². The number of ether oxygens (including phenoxy) is 1. The minimum Gasteiger partial charge on any atom is -0.465 e. The highest BCUT2D eigenvalue weighted by molar-refractivity contribution is 5.97. The third-order valence-corrected chi connectivity index (χ3v) is 9.42. The second-order valence-corrected chi connectivity index (χ2v) is 13.4. The van der Waals surface area contributed by atoms with Crippen LogP contribution in [0.3, 0.4) is 0 Å². The molecular formula is C32H44FN5O4. The number of anilines is 1. The highest BCUT2D eigenvalue weighted by Gasteiger charge is 2.43. The van der Waals surface area contributed by atoms with E-state index in [4.69, 9.17) is 9.72 Å². The molecule has 0 bridgehead atoms. The number of hydrogen-bond donors (Lipinski definition) is 1. The molecule has 0 aliphatic carbocycles. The zero-order valence-electron chi connectivity index (χ0n) is 25.6. The zero-order valence-corrected chi connectivity index (χ0v) is 25.6. The molecule has 42 heavy (non-hydrogen) atoms. The number of carboxylic acid groups (broad SMARTS) is 1. The molecule has 1 aromatic carbocycles. The monoisotopic (exact) mass is 581 g/mol. The van der Waals surface area contributed by atoms with Gasteiger partial charge < -0.3 is 19.6 Å². The van der Waals surface area contributed by atoms with Gasteiger partial charge >= 0.3 is 6.09 Å². The van der Waals surface area contributed by atoms with Crippen LogP contribution in [0.5, 0.6) is 0 Å². The normalized spacial score (nSPS) is 25.8. The van der Waals surface area contributed by atoms with Crippen molar-refractivity contribution >= 4 is 17.7 Å². The molecule has 9 nitrogen and oxygen atoms in total. The van der Waals surface area contributed by atoms with Crippen LogP contribution in [0.4, 0.5) is 14.9 Å². The molecule has 3 aliphatic heterocycles. The van der Waals surface area contributed by atoms with Crippen LogP contribution in [0.2, 0.25) is 0 Å². The largest absolute Gasteiger partial charge is 0.465 e. The van der Waals surface area contributed by atoms with Crippen molar-refractivity contribution in [3.63, 3.8) is 0 Å². The Morgan fingerprint density at radius 1 is 1.07 bits per heavy atom. The summed E-state index contributed by atoms with van der Waals surface area (Å²) in [4.78, 5) is 38.8. The number of halogens is 1. The molecule has 3 aliphatic rings. The molecule has 3 atom stereocenters. The first-order valence-corrected chi connectivity index (χ1v) is 14.9. The molecule has 0 spiro atoms. The first-order valence-electron chi connectivity index (χ1n) is 14.9. The third-order valence-electron chi connectivity index (χ3n) is 9.42. The van der Waals surface area contributed by atoms with E-state index in [0.29, 0.717) is 39.2 Å². The standard InChI is InChI=1S/C32H44FN5O4/c1-21-16-36(26(18-37(21)30(40)41)17-35-11-12-42-32(5,6)22(35)2)19-28(39)38-20-31(3,4)29-27(38)14-24(15-34-29)13-23-7-9-25(33)10-8-23/h7-10,14-15,21-22,26H,11-13,16-20H2,1-6H3,(H,40,41)/t21-,22?,26+/m1/s1. The fourth-order valence-corrected chi connectivity index (χ4v) is 6.64. The number of aromatic nitrogens is 1. The Balaban J connectivity index is 1.37. The fraction of sp³-hybridized carbons (Fsp3) is 0.594. The second-order valence-electron chi connectivity index (χ2n) is 13.4. The van der Waals surface area contributed by atoms with Gasteiger partial charge in [0.25, 0.3) is 0 Å². The van der Waals surface area contributed by atoms with Crippen molar-refractivity contribution in [2.45, 2.75) is 77.1 Å². The van der Waals surface area contributed by atoms with E-state index < -0.39 is 6.09 Å². The number of benzene rings is 1. The SMILES string of the molecule is CC1N(C[C@H]2CN(C(=O)O)[C@H](C)CN2CC(=O)N2CC(C)(C)c3ncc(Cc4ccc(F)cc4)cc32)CCOC1(C)C. The van der Waals surface area contributed by atoms with Gasteiger partial charge in [-0.25, -0.2) is 9.18 Å². The Morgan fingerprint density at radius 2 is 1.79 bits per heavy atom. The maximum Gasteiger partial charge on any atom is 0.407 e. The second kappa shape index (κ2) is 11.5. The summed E-state index contributed by atoms with van der Waals surface area (Å²) < 4.78 is 19.4. The summed E-state index contributed by atoms with van der Waals surface area (Å²) in [5.74, 6) is -0.285. The van der Waals surface area contributed by atoms with Gasteiger partial charge in [-0.15, -0.1) is 0 Å². The van der Waals surface area contributed by atoms with E-state index in [0.717, 1.165) is 29.1 Å².